The molecule has 4 atom stereocenters. The summed E-state index contributed by atoms with van der Waals surface area (Å²) in [6.45, 7) is 34.7. The van der Waals surface area contributed by atoms with Crippen LogP contribution in [0, 0.1) is 0 Å². The summed E-state index contributed by atoms with van der Waals surface area (Å²) in [6.07, 6.45) is -0.0569. The van der Waals surface area contributed by atoms with E-state index in [0.29, 0.717) is 30.3 Å². The molecule has 4 rings (SSSR count). The molecule has 1 fully saturated rings. The molecule has 10 nitrogen and oxygen atoms in total. The largest absolute Gasteiger partial charge is 0.471 e. The average Bonchev–Trinajstić information content (AvgIpc) is 3.50. The topological polar surface area (TPSA) is 116 Å². The van der Waals surface area contributed by atoms with Crippen molar-refractivity contribution < 1.29 is 22.8 Å². The third-order valence-corrected chi connectivity index (χ3v) is 24.5. The minimum atomic E-state index is -2.34. The number of fused-ring (bicyclic) bond motifs is 1. The predicted molar refractivity (Wildman–Crippen MR) is 202 cm³/mol. The normalized spacial score (nSPS) is 21.6. The molecular formula is C35H61N5O5Si3. The summed E-state index contributed by atoms with van der Waals surface area (Å²) in [7, 11) is -6.74. The van der Waals surface area contributed by atoms with Gasteiger partial charge >= 0.3 is 0 Å². The summed E-state index contributed by atoms with van der Waals surface area (Å²) in [5.41, 5.74) is 8.34. The fourth-order valence-electron chi connectivity index (χ4n) is 4.79. The van der Waals surface area contributed by atoms with Crippen LogP contribution in [0.25, 0.3) is 11.2 Å². The van der Waals surface area contributed by atoms with Gasteiger partial charge in [0.2, 0.25) is 11.8 Å². The standard InChI is InChI=1S/C35H61N5O5Si3/c1-33(2,3)46(10,11)42-22-25-27(44-47(12,13)34(4,5)6)28(45-48(14,15)35(7,8)9)31(43-25)40-23-37-26-29(40)38-32(36)39-30(26)41-21-24-19-17-16-18-20-24/h16-20,23,25,27-28,31H,21-22H2,1-15H3,(H2,36,38,39)/t25-,27-,28-,31-/m1/s1. The number of imidazole rings is 1. The van der Waals surface area contributed by atoms with Crippen LogP contribution in [0.1, 0.15) is 74.1 Å². The molecule has 0 amide bonds. The molecular weight excluding hydrogens is 655 g/mol. The lowest BCUT2D eigenvalue weighted by Gasteiger charge is -2.44. The highest BCUT2D eigenvalue weighted by molar-refractivity contribution is 6.75. The zero-order chi connectivity index (χ0) is 36.1. The Morgan fingerprint density at radius 2 is 1.31 bits per heavy atom. The third-order valence-electron chi connectivity index (χ3n) is 11.1. The first kappa shape index (κ1) is 38.7. The molecule has 0 saturated carbocycles. The van der Waals surface area contributed by atoms with Crippen LogP contribution in [0.15, 0.2) is 36.7 Å². The number of anilines is 1. The van der Waals surface area contributed by atoms with Gasteiger partial charge in [0.25, 0.3) is 0 Å². The second kappa shape index (κ2) is 13.5. The second-order valence-corrected chi connectivity index (χ2v) is 32.1. The quantitative estimate of drug-likeness (QED) is 0.195. The van der Waals surface area contributed by atoms with E-state index in [1.54, 1.807) is 6.33 Å². The Morgan fingerprint density at radius 1 is 0.771 bits per heavy atom. The van der Waals surface area contributed by atoms with Gasteiger partial charge in [-0.25, -0.2) is 4.98 Å². The predicted octanol–water partition coefficient (Wildman–Crippen LogP) is 8.69. The van der Waals surface area contributed by atoms with Crippen LogP contribution < -0.4 is 10.5 Å². The maximum Gasteiger partial charge on any atom is 0.247 e. The Hall–Kier alpha value is -2.14. The Labute approximate surface area is 291 Å². The van der Waals surface area contributed by atoms with E-state index in [4.69, 9.17) is 33.5 Å². The molecule has 0 aliphatic carbocycles. The highest BCUT2D eigenvalue weighted by Gasteiger charge is 2.55. The van der Waals surface area contributed by atoms with Gasteiger partial charge in [-0.15, -0.1) is 0 Å². The van der Waals surface area contributed by atoms with E-state index in [-0.39, 0.29) is 33.3 Å². The first-order valence-corrected chi connectivity index (χ1v) is 25.9. The molecule has 3 aromatic rings. The van der Waals surface area contributed by atoms with Gasteiger partial charge in [-0.1, -0.05) is 92.6 Å². The van der Waals surface area contributed by atoms with Crippen LogP contribution in [-0.2, 0) is 24.6 Å². The van der Waals surface area contributed by atoms with Crippen molar-refractivity contribution in [3.8, 4) is 5.88 Å². The average molecular weight is 716 g/mol. The summed E-state index contributed by atoms with van der Waals surface area (Å²) in [6, 6.07) is 9.94. The summed E-state index contributed by atoms with van der Waals surface area (Å²) in [4.78, 5) is 13.8. The highest BCUT2D eigenvalue weighted by atomic mass is 28.4. The maximum atomic E-state index is 7.33. The molecule has 0 radical (unpaired) electrons. The summed E-state index contributed by atoms with van der Waals surface area (Å²) in [5, 5.41) is -0.0222. The molecule has 1 saturated heterocycles. The minimum Gasteiger partial charge on any atom is -0.471 e. The molecule has 0 unspecified atom stereocenters. The van der Waals surface area contributed by atoms with Crippen molar-refractivity contribution in [1.82, 2.24) is 19.5 Å². The molecule has 2 N–H and O–H groups in total. The molecule has 1 aliphatic rings. The molecule has 268 valence electrons. The van der Waals surface area contributed by atoms with E-state index in [9.17, 15) is 0 Å². The zero-order valence-electron chi connectivity index (χ0n) is 32.1. The van der Waals surface area contributed by atoms with Crippen LogP contribution >= 0.6 is 0 Å². The molecule has 3 heterocycles. The van der Waals surface area contributed by atoms with Crippen molar-refractivity contribution in [1.29, 1.82) is 0 Å². The molecule has 2 aromatic heterocycles. The molecule has 0 spiro atoms. The number of nitrogens with zero attached hydrogens (tertiary/aromatic N) is 4. The van der Waals surface area contributed by atoms with Crippen LogP contribution in [0.3, 0.4) is 0 Å². The van der Waals surface area contributed by atoms with Crippen LogP contribution in [0.2, 0.25) is 54.4 Å². The summed E-state index contributed by atoms with van der Waals surface area (Å²) >= 11 is 0. The fourth-order valence-corrected chi connectivity index (χ4v) is 8.41. The number of rotatable bonds is 11. The lowest BCUT2D eigenvalue weighted by atomic mass is 10.1. The monoisotopic (exact) mass is 715 g/mol. The van der Waals surface area contributed by atoms with E-state index in [0.717, 1.165) is 5.56 Å². The van der Waals surface area contributed by atoms with Crippen molar-refractivity contribution in [3.05, 3.63) is 42.2 Å². The molecule has 1 aliphatic heterocycles. The molecule has 1 aromatic carbocycles. The summed E-state index contributed by atoms with van der Waals surface area (Å²) < 4.78 is 36.6. The van der Waals surface area contributed by atoms with Crippen LogP contribution in [-0.4, -0.2) is 69.4 Å². The Morgan fingerprint density at radius 3 is 1.85 bits per heavy atom. The lowest BCUT2D eigenvalue weighted by Crippen LogP contribution is -2.54. The van der Waals surface area contributed by atoms with E-state index in [1.165, 1.54) is 0 Å². The lowest BCUT2D eigenvalue weighted by molar-refractivity contribution is -0.0470. The first-order valence-electron chi connectivity index (χ1n) is 17.2. The highest BCUT2D eigenvalue weighted by Crippen LogP contribution is 2.47. The molecule has 0 bridgehead atoms. The van der Waals surface area contributed by atoms with Crippen molar-refractivity contribution in [2.75, 3.05) is 12.3 Å². The van der Waals surface area contributed by atoms with Gasteiger partial charge in [0, 0.05) is 0 Å². The third kappa shape index (κ3) is 8.24. The van der Waals surface area contributed by atoms with Crippen LogP contribution in [0.4, 0.5) is 5.95 Å². The van der Waals surface area contributed by atoms with Gasteiger partial charge in [-0.2, -0.15) is 9.97 Å². The minimum absolute atomic E-state index is 0.0220. The van der Waals surface area contributed by atoms with Gasteiger partial charge in [-0.3, -0.25) is 4.57 Å². The Balaban J connectivity index is 1.82. The van der Waals surface area contributed by atoms with Gasteiger partial charge in [0.15, 0.2) is 42.3 Å². The number of ether oxygens (including phenoxy) is 2. The second-order valence-electron chi connectivity index (χ2n) is 17.8. The molecule has 48 heavy (non-hydrogen) atoms. The maximum absolute atomic E-state index is 7.33. The number of nitrogen functional groups attached to an aromatic ring is 1. The van der Waals surface area contributed by atoms with E-state index in [1.807, 2.05) is 34.9 Å². The van der Waals surface area contributed by atoms with Crippen molar-refractivity contribution in [3.63, 3.8) is 0 Å². The van der Waals surface area contributed by atoms with E-state index in [2.05, 4.69) is 112 Å². The van der Waals surface area contributed by atoms with Gasteiger partial charge < -0.3 is 28.5 Å². The Bertz CT molecular complexity index is 1540. The smallest absolute Gasteiger partial charge is 0.247 e. The summed E-state index contributed by atoms with van der Waals surface area (Å²) in [5.74, 6) is 0.422. The molecule has 13 heteroatoms. The van der Waals surface area contributed by atoms with E-state index >= 15 is 0 Å². The van der Waals surface area contributed by atoms with Crippen molar-refractivity contribution in [2.45, 2.75) is 148 Å². The zero-order valence-corrected chi connectivity index (χ0v) is 35.1. The van der Waals surface area contributed by atoms with Crippen LogP contribution in [0.5, 0.6) is 5.88 Å². The first-order chi connectivity index (χ1) is 21.8. The Kier molecular flexibility index (Phi) is 10.9. The number of hydrogen-bond donors (Lipinski definition) is 1. The number of benzene rings is 1. The van der Waals surface area contributed by atoms with Gasteiger partial charge in [0.1, 0.15) is 24.9 Å². The number of aromatic nitrogens is 4. The van der Waals surface area contributed by atoms with Crippen molar-refractivity contribution in [2.24, 2.45) is 0 Å². The number of hydrogen-bond acceptors (Lipinski definition) is 9. The van der Waals surface area contributed by atoms with Gasteiger partial charge in [0.05, 0.1) is 12.9 Å². The van der Waals surface area contributed by atoms with Crippen molar-refractivity contribution >= 4 is 42.1 Å². The SMILES string of the molecule is CC(C)(C)[Si](C)(C)OC[C@H]1O[C@@H](n2cnc3c(OCc4ccccc4)nc(N)nc32)[C@H](O[Si](C)(C)C(C)(C)C)[C@@H]1O[Si](C)(C)C(C)(C)C. The van der Waals surface area contributed by atoms with E-state index < -0.39 is 37.3 Å². The number of nitrogens with two attached hydrogens (primary N) is 1. The van der Waals surface area contributed by atoms with Gasteiger partial charge in [-0.05, 0) is 60.0 Å². The fraction of sp³-hybridized carbons (Fsp3) is 0.686.